The number of methoxy groups -OCH3 is 1. The van der Waals surface area contributed by atoms with E-state index in [2.05, 4.69) is 24.1 Å². The van der Waals surface area contributed by atoms with Crippen molar-refractivity contribution in [3.63, 3.8) is 0 Å². The highest BCUT2D eigenvalue weighted by molar-refractivity contribution is 5.41. The van der Waals surface area contributed by atoms with Crippen molar-refractivity contribution in [2.75, 3.05) is 7.11 Å². The molecular formula is C17H22N2O2. The highest BCUT2D eigenvalue weighted by Gasteiger charge is 2.07. The van der Waals surface area contributed by atoms with E-state index in [1.54, 1.807) is 19.5 Å². The second-order valence-electron chi connectivity index (χ2n) is 5.15. The third kappa shape index (κ3) is 4.76. The molecule has 0 atom stereocenters. The minimum atomic E-state index is 0.431. The maximum atomic E-state index is 5.95. The second kappa shape index (κ2) is 7.64. The number of hydrogen-bond acceptors (Lipinski definition) is 4. The minimum absolute atomic E-state index is 0.431. The predicted molar refractivity (Wildman–Crippen MR) is 83.5 cm³/mol. The summed E-state index contributed by atoms with van der Waals surface area (Å²) in [5.41, 5.74) is 2.22. The zero-order valence-electron chi connectivity index (χ0n) is 12.8. The number of benzene rings is 1. The zero-order valence-corrected chi connectivity index (χ0v) is 12.8. The fraction of sp³-hybridized carbons (Fsp3) is 0.353. The Hall–Kier alpha value is -2.07. The van der Waals surface area contributed by atoms with E-state index in [-0.39, 0.29) is 0 Å². The first-order chi connectivity index (χ1) is 10.2. The Morgan fingerprint density at radius 2 is 1.90 bits per heavy atom. The molecule has 0 saturated carbocycles. The Morgan fingerprint density at radius 1 is 1.14 bits per heavy atom. The van der Waals surface area contributed by atoms with Crippen molar-refractivity contribution < 1.29 is 9.47 Å². The normalized spacial score (nSPS) is 10.7. The number of aromatic nitrogens is 1. The summed E-state index contributed by atoms with van der Waals surface area (Å²) in [6.45, 7) is 5.54. The summed E-state index contributed by atoms with van der Waals surface area (Å²) in [5.74, 6) is 1.65. The summed E-state index contributed by atoms with van der Waals surface area (Å²) in [4.78, 5) is 4.01. The van der Waals surface area contributed by atoms with Gasteiger partial charge < -0.3 is 14.8 Å². The fourth-order valence-electron chi connectivity index (χ4n) is 1.90. The number of nitrogens with zero attached hydrogens (tertiary/aromatic N) is 1. The van der Waals surface area contributed by atoms with Gasteiger partial charge in [-0.2, -0.15) is 0 Å². The van der Waals surface area contributed by atoms with E-state index in [1.165, 1.54) is 0 Å². The van der Waals surface area contributed by atoms with Gasteiger partial charge in [0, 0.05) is 36.6 Å². The van der Waals surface area contributed by atoms with E-state index in [0.29, 0.717) is 12.6 Å². The third-order valence-electron chi connectivity index (χ3n) is 3.12. The van der Waals surface area contributed by atoms with Crippen molar-refractivity contribution in [3.8, 4) is 11.5 Å². The van der Waals surface area contributed by atoms with Crippen LogP contribution in [0, 0.1) is 0 Å². The van der Waals surface area contributed by atoms with Gasteiger partial charge in [-0.15, -0.1) is 0 Å². The molecule has 112 valence electrons. The number of rotatable bonds is 7. The Kier molecular flexibility index (Phi) is 5.58. The van der Waals surface area contributed by atoms with Crippen molar-refractivity contribution in [3.05, 3.63) is 53.9 Å². The van der Waals surface area contributed by atoms with E-state index < -0.39 is 0 Å². The minimum Gasteiger partial charge on any atom is -0.497 e. The molecule has 0 spiro atoms. The molecule has 2 aromatic rings. The summed E-state index contributed by atoms with van der Waals surface area (Å²) in [7, 11) is 1.66. The molecule has 0 aliphatic carbocycles. The van der Waals surface area contributed by atoms with Crippen molar-refractivity contribution in [2.45, 2.75) is 33.0 Å². The van der Waals surface area contributed by atoms with Gasteiger partial charge in [0.1, 0.15) is 18.1 Å². The van der Waals surface area contributed by atoms with Crippen LogP contribution in [0.15, 0.2) is 42.7 Å². The standard InChI is InChI=1S/C17H22N2O2/c1-13(2)19-11-15-4-5-16(20-3)10-17(15)21-12-14-6-8-18-9-7-14/h4-10,13,19H,11-12H2,1-3H3. The van der Waals surface area contributed by atoms with Crippen LogP contribution in [0.5, 0.6) is 11.5 Å². The van der Waals surface area contributed by atoms with Crippen LogP contribution in [0.25, 0.3) is 0 Å². The fourth-order valence-corrected chi connectivity index (χ4v) is 1.90. The summed E-state index contributed by atoms with van der Waals surface area (Å²) >= 11 is 0. The molecular weight excluding hydrogens is 264 g/mol. The molecule has 1 N–H and O–H groups in total. The van der Waals surface area contributed by atoms with Crippen LogP contribution >= 0.6 is 0 Å². The lowest BCUT2D eigenvalue weighted by atomic mass is 10.1. The van der Waals surface area contributed by atoms with Crippen LogP contribution in [0.4, 0.5) is 0 Å². The summed E-state index contributed by atoms with van der Waals surface area (Å²) in [5, 5.41) is 3.41. The van der Waals surface area contributed by atoms with E-state index in [4.69, 9.17) is 9.47 Å². The van der Waals surface area contributed by atoms with Gasteiger partial charge in [0.25, 0.3) is 0 Å². The second-order valence-corrected chi connectivity index (χ2v) is 5.15. The maximum absolute atomic E-state index is 5.95. The first kappa shape index (κ1) is 15.3. The molecule has 2 rings (SSSR count). The van der Waals surface area contributed by atoms with Crippen LogP contribution in [0.1, 0.15) is 25.0 Å². The molecule has 4 heteroatoms. The van der Waals surface area contributed by atoms with Gasteiger partial charge in [-0.05, 0) is 23.8 Å². The third-order valence-corrected chi connectivity index (χ3v) is 3.12. The SMILES string of the molecule is COc1ccc(CNC(C)C)c(OCc2ccncc2)c1. The number of ether oxygens (including phenoxy) is 2. The molecule has 0 radical (unpaired) electrons. The van der Waals surface area contributed by atoms with Crippen LogP contribution in [-0.2, 0) is 13.2 Å². The molecule has 0 unspecified atom stereocenters. The van der Waals surface area contributed by atoms with Crippen molar-refractivity contribution in [1.29, 1.82) is 0 Å². The molecule has 0 amide bonds. The van der Waals surface area contributed by atoms with E-state index in [0.717, 1.165) is 29.2 Å². The van der Waals surface area contributed by atoms with Crippen LogP contribution in [-0.4, -0.2) is 18.1 Å². The highest BCUT2D eigenvalue weighted by Crippen LogP contribution is 2.25. The zero-order chi connectivity index (χ0) is 15.1. The van der Waals surface area contributed by atoms with E-state index in [9.17, 15) is 0 Å². The van der Waals surface area contributed by atoms with Gasteiger partial charge in [-0.3, -0.25) is 4.98 Å². The van der Waals surface area contributed by atoms with Gasteiger partial charge >= 0.3 is 0 Å². The lowest BCUT2D eigenvalue weighted by molar-refractivity contribution is 0.299. The van der Waals surface area contributed by atoms with Crippen LogP contribution in [0.2, 0.25) is 0 Å². The van der Waals surface area contributed by atoms with E-state index in [1.807, 2.05) is 30.3 Å². The molecule has 4 nitrogen and oxygen atoms in total. The largest absolute Gasteiger partial charge is 0.497 e. The summed E-state index contributed by atoms with van der Waals surface area (Å²) < 4.78 is 11.2. The lowest BCUT2D eigenvalue weighted by Crippen LogP contribution is -2.22. The molecule has 1 aromatic heterocycles. The monoisotopic (exact) mass is 286 g/mol. The average Bonchev–Trinajstić information content (AvgIpc) is 2.52. The Balaban J connectivity index is 2.10. The quantitative estimate of drug-likeness (QED) is 0.849. The van der Waals surface area contributed by atoms with Gasteiger partial charge in [-0.25, -0.2) is 0 Å². The molecule has 0 saturated heterocycles. The van der Waals surface area contributed by atoms with Gasteiger partial charge in [0.15, 0.2) is 0 Å². The van der Waals surface area contributed by atoms with Crippen LogP contribution in [0.3, 0.4) is 0 Å². The Morgan fingerprint density at radius 3 is 2.57 bits per heavy atom. The predicted octanol–water partition coefficient (Wildman–Crippen LogP) is 3.17. The molecule has 21 heavy (non-hydrogen) atoms. The van der Waals surface area contributed by atoms with E-state index >= 15 is 0 Å². The molecule has 0 bridgehead atoms. The van der Waals surface area contributed by atoms with Crippen molar-refractivity contribution >= 4 is 0 Å². The summed E-state index contributed by atoms with van der Waals surface area (Å²) in [6, 6.07) is 10.3. The van der Waals surface area contributed by atoms with Crippen molar-refractivity contribution in [2.24, 2.45) is 0 Å². The Labute approximate surface area is 126 Å². The molecule has 0 fully saturated rings. The molecule has 0 aliphatic rings. The first-order valence-corrected chi connectivity index (χ1v) is 7.11. The topological polar surface area (TPSA) is 43.4 Å². The molecule has 1 heterocycles. The molecule has 0 aliphatic heterocycles. The first-order valence-electron chi connectivity index (χ1n) is 7.11. The maximum Gasteiger partial charge on any atom is 0.127 e. The lowest BCUT2D eigenvalue weighted by Gasteiger charge is -2.15. The number of pyridine rings is 1. The van der Waals surface area contributed by atoms with Gasteiger partial charge in [0.2, 0.25) is 0 Å². The smallest absolute Gasteiger partial charge is 0.127 e. The van der Waals surface area contributed by atoms with Crippen LogP contribution < -0.4 is 14.8 Å². The number of hydrogen-bond donors (Lipinski definition) is 1. The number of nitrogens with one attached hydrogen (secondary N) is 1. The van der Waals surface area contributed by atoms with Crippen molar-refractivity contribution in [1.82, 2.24) is 10.3 Å². The van der Waals surface area contributed by atoms with Gasteiger partial charge in [0.05, 0.1) is 7.11 Å². The van der Waals surface area contributed by atoms with Gasteiger partial charge in [-0.1, -0.05) is 19.9 Å². The summed E-state index contributed by atoms with van der Waals surface area (Å²) in [6.07, 6.45) is 3.54. The highest BCUT2D eigenvalue weighted by atomic mass is 16.5. The average molecular weight is 286 g/mol. The Bertz CT molecular complexity index is 556. The molecule has 1 aromatic carbocycles.